The molecule has 6 nitrogen and oxygen atoms in total. The first kappa shape index (κ1) is 17.2. The molecule has 0 atom stereocenters. The quantitative estimate of drug-likeness (QED) is 0.493. The van der Waals surface area contributed by atoms with Crippen molar-refractivity contribution >= 4 is 34.0 Å². The van der Waals surface area contributed by atoms with Crippen LogP contribution in [0.15, 0.2) is 27.8 Å². The predicted molar refractivity (Wildman–Crippen MR) is 84.3 cm³/mol. The Bertz CT molecular complexity index is 565. The molecule has 0 radical (unpaired) electrons. The Balaban J connectivity index is 2.68. The first-order valence-electron chi connectivity index (χ1n) is 6.22. The maximum absolute atomic E-state index is 11.6. The number of amides is 2. The Morgan fingerprint density at radius 1 is 1.29 bits per heavy atom. The van der Waals surface area contributed by atoms with Gasteiger partial charge in [0.15, 0.2) is 0 Å². The number of hydrogen-bond donors (Lipinski definition) is 2. The number of halogens is 1. The summed E-state index contributed by atoms with van der Waals surface area (Å²) in [5, 5.41) is 6.30. The average Bonchev–Trinajstić information content (AvgIpc) is 2.36. The zero-order valence-electron chi connectivity index (χ0n) is 12.4. The van der Waals surface area contributed by atoms with E-state index in [1.165, 1.54) is 13.3 Å². The zero-order chi connectivity index (χ0) is 16.0. The average molecular weight is 356 g/mol. The van der Waals surface area contributed by atoms with Crippen LogP contribution in [-0.4, -0.2) is 30.7 Å². The van der Waals surface area contributed by atoms with Gasteiger partial charge < -0.3 is 10.1 Å². The fourth-order valence-corrected chi connectivity index (χ4v) is 1.79. The number of nitrogens with one attached hydrogen (secondary N) is 2. The fraction of sp³-hybridized carbons (Fsp3) is 0.357. The van der Waals surface area contributed by atoms with E-state index in [9.17, 15) is 9.59 Å². The predicted octanol–water partition coefficient (Wildman–Crippen LogP) is 1.82. The number of nitrogens with zero attached hydrogens (tertiary/aromatic N) is 1. The van der Waals surface area contributed by atoms with Gasteiger partial charge >= 0.3 is 11.8 Å². The van der Waals surface area contributed by atoms with Crippen molar-refractivity contribution in [2.24, 2.45) is 5.10 Å². The summed E-state index contributed by atoms with van der Waals surface area (Å²) in [4.78, 5) is 23.1. The molecular weight excluding hydrogens is 338 g/mol. The molecule has 0 spiro atoms. The molecule has 0 aliphatic carbocycles. The van der Waals surface area contributed by atoms with Crippen LogP contribution in [0.1, 0.15) is 26.3 Å². The summed E-state index contributed by atoms with van der Waals surface area (Å²) in [5.41, 5.74) is 2.36. The Hall–Kier alpha value is -1.89. The highest BCUT2D eigenvalue weighted by molar-refractivity contribution is 9.10. The Labute approximate surface area is 132 Å². The van der Waals surface area contributed by atoms with E-state index in [1.54, 1.807) is 32.9 Å². The summed E-state index contributed by atoms with van der Waals surface area (Å²) >= 11 is 3.33. The Morgan fingerprint density at radius 3 is 2.52 bits per heavy atom. The molecule has 2 N–H and O–H groups in total. The molecule has 0 saturated heterocycles. The van der Waals surface area contributed by atoms with E-state index >= 15 is 0 Å². The number of hydrogen-bond acceptors (Lipinski definition) is 4. The Morgan fingerprint density at radius 2 is 1.95 bits per heavy atom. The van der Waals surface area contributed by atoms with Gasteiger partial charge in [0.05, 0.1) is 13.3 Å². The van der Waals surface area contributed by atoms with E-state index in [1.807, 2.05) is 6.07 Å². The summed E-state index contributed by atoms with van der Waals surface area (Å²) < 4.78 is 6.02. The number of methoxy groups -OCH3 is 1. The molecule has 0 bridgehead atoms. The lowest BCUT2D eigenvalue weighted by Gasteiger charge is -2.19. The summed E-state index contributed by atoms with van der Waals surface area (Å²) in [6, 6.07) is 5.37. The zero-order valence-corrected chi connectivity index (χ0v) is 13.9. The fourth-order valence-electron chi connectivity index (χ4n) is 1.41. The maximum atomic E-state index is 11.6. The second kappa shape index (κ2) is 7.21. The van der Waals surface area contributed by atoms with E-state index in [2.05, 4.69) is 31.8 Å². The van der Waals surface area contributed by atoms with Gasteiger partial charge in [-0.2, -0.15) is 5.10 Å². The first-order chi connectivity index (χ1) is 9.73. The number of hydrazone groups is 1. The number of carbonyl (C=O) groups excluding carboxylic acids is 2. The number of carbonyl (C=O) groups is 2. The lowest BCUT2D eigenvalue weighted by atomic mass is 10.1. The largest absolute Gasteiger partial charge is 0.496 e. The van der Waals surface area contributed by atoms with Crippen molar-refractivity contribution in [3.05, 3.63) is 28.2 Å². The van der Waals surface area contributed by atoms with Crippen LogP contribution < -0.4 is 15.5 Å². The van der Waals surface area contributed by atoms with Gasteiger partial charge in [0.2, 0.25) is 0 Å². The third kappa shape index (κ3) is 5.95. The molecule has 1 aromatic rings. The normalized spacial score (nSPS) is 11.3. The topological polar surface area (TPSA) is 79.8 Å². The number of ether oxygens (including phenoxy) is 1. The molecule has 0 heterocycles. The minimum absolute atomic E-state index is 0.481. The van der Waals surface area contributed by atoms with Crippen LogP contribution in [0.2, 0.25) is 0 Å². The molecule has 0 aliphatic heterocycles. The van der Waals surface area contributed by atoms with Gasteiger partial charge in [-0.15, -0.1) is 0 Å². The van der Waals surface area contributed by atoms with Gasteiger partial charge in [-0.3, -0.25) is 9.59 Å². The lowest BCUT2D eigenvalue weighted by molar-refractivity contribution is -0.140. The van der Waals surface area contributed by atoms with Crippen LogP contribution in [0.5, 0.6) is 5.75 Å². The van der Waals surface area contributed by atoms with E-state index < -0.39 is 17.4 Å². The standard InChI is InChI=1S/C14H18BrN3O3/c1-14(2,3)17-12(19)13(20)18-16-8-9-7-10(15)5-6-11(9)21-4/h5-8H,1-4H3,(H,17,19)(H,18,20)/b16-8-. The van der Waals surface area contributed by atoms with Crippen LogP contribution in [0.3, 0.4) is 0 Å². The summed E-state index contributed by atoms with van der Waals surface area (Å²) in [6.07, 6.45) is 1.41. The van der Waals surface area contributed by atoms with Crippen LogP contribution in [0.4, 0.5) is 0 Å². The van der Waals surface area contributed by atoms with Crippen molar-refractivity contribution in [1.82, 2.24) is 10.7 Å². The smallest absolute Gasteiger partial charge is 0.329 e. The highest BCUT2D eigenvalue weighted by Crippen LogP contribution is 2.21. The molecule has 2 amide bonds. The van der Waals surface area contributed by atoms with Crippen molar-refractivity contribution < 1.29 is 14.3 Å². The summed E-state index contributed by atoms with van der Waals surface area (Å²) in [5.74, 6) is -0.952. The third-order valence-electron chi connectivity index (χ3n) is 2.26. The van der Waals surface area contributed by atoms with Crippen LogP contribution in [-0.2, 0) is 9.59 Å². The molecule has 0 aromatic heterocycles. The molecule has 1 aromatic carbocycles. The molecule has 21 heavy (non-hydrogen) atoms. The first-order valence-corrected chi connectivity index (χ1v) is 7.01. The Kier molecular flexibility index (Phi) is 5.90. The van der Waals surface area contributed by atoms with Crippen LogP contribution in [0, 0.1) is 0 Å². The molecule has 114 valence electrons. The maximum Gasteiger partial charge on any atom is 0.329 e. The van der Waals surface area contributed by atoms with Crippen molar-refractivity contribution in [3.63, 3.8) is 0 Å². The minimum atomic E-state index is -0.824. The number of benzene rings is 1. The molecule has 1 rings (SSSR count). The molecular formula is C14H18BrN3O3. The highest BCUT2D eigenvalue weighted by atomic mass is 79.9. The van der Waals surface area contributed by atoms with E-state index in [0.29, 0.717) is 11.3 Å². The molecule has 0 saturated carbocycles. The molecule has 0 fully saturated rings. The molecule has 0 unspecified atom stereocenters. The van der Waals surface area contributed by atoms with E-state index in [4.69, 9.17) is 4.74 Å². The van der Waals surface area contributed by atoms with E-state index in [-0.39, 0.29) is 0 Å². The SMILES string of the molecule is COc1ccc(Br)cc1/C=N\NC(=O)C(=O)NC(C)(C)C. The van der Waals surface area contributed by atoms with Crippen molar-refractivity contribution in [3.8, 4) is 5.75 Å². The monoisotopic (exact) mass is 355 g/mol. The van der Waals surface area contributed by atoms with Crippen molar-refractivity contribution in [2.45, 2.75) is 26.3 Å². The number of rotatable bonds is 3. The summed E-state index contributed by atoms with van der Waals surface area (Å²) in [7, 11) is 1.54. The van der Waals surface area contributed by atoms with E-state index in [0.717, 1.165) is 4.47 Å². The van der Waals surface area contributed by atoms with Crippen LogP contribution >= 0.6 is 15.9 Å². The van der Waals surface area contributed by atoms with Crippen molar-refractivity contribution in [2.75, 3.05) is 7.11 Å². The second-order valence-corrected chi connectivity index (χ2v) is 6.21. The third-order valence-corrected chi connectivity index (χ3v) is 2.75. The van der Waals surface area contributed by atoms with Crippen LogP contribution in [0.25, 0.3) is 0 Å². The van der Waals surface area contributed by atoms with Gasteiger partial charge in [-0.25, -0.2) is 5.43 Å². The second-order valence-electron chi connectivity index (χ2n) is 5.29. The lowest BCUT2D eigenvalue weighted by Crippen LogP contribution is -2.47. The van der Waals surface area contributed by atoms with Gasteiger partial charge in [-0.05, 0) is 39.0 Å². The molecule has 7 heteroatoms. The minimum Gasteiger partial charge on any atom is -0.496 e. The van der Waals surface area contributed by atoms with Gasteiger partial charge in [0.25, 0.3) is 0 Å². The van der Waals surface area contributed by atoms with Gasteiger partial charge in [0, 0.05) is 15.6 Å². The van der Waals surface area contributed by atoms with Crippen molar-refractivity contribution in [1.29, 1.82) is 0 Å². The molecule has 0 aliphatic rings. The summed E-state index contributed by atoms with van der Waals surface area (Å²) in [6.45, 7) is 5.36. The van der Waals surface area contributed by atoms with Gasteiger partial charge in [0.1, 0.15) is 5.75 Å². The van der Waals surface area contributed by atoms with Gasteiger partial charge in [-0.1, -0.05) is 15.9 Å². The highest BCUT2D eigenvalue weighted by Gasteiger charge is 2.19.